The third-order valence-electron chi connectivity index (χ3n) is 3.23. The van der Waals surface area contributed by atoms with Crippen molar-refractivity contribution >= 4 is 0 Å². The first kappa shape index (κ1) is 12.9. The lowest BCUT2D eigenvalue weighted by atomic mass is 10.1. The van der Waals surface area contributed by atoms with Crippen LogP contribution in [0.25, 0.3) is 0 Å². The minimum Gasteiger partial charge on any atom is -0.367 e. The predicted octanol–water partition coefficient (Wildman–Crippen LogP) is 0.100. The second-order valence-electron chi connectivity index (χ2n) is 4.90. The summed E-state index contributed by atoms with van der Waals surface area (Å²) in [5, 5.41) is 18.8. The van der Waals surface area contributed by atoms with Crippen molar-refractivity contribution in [1.82, 2.24) is 9.80 Å². The monoisotopic (exact) mass is 216 g/mol. The minimum atomic E-state index is -1.24. The fourth-order valence-corrected chi connectivity index (χ4v) is 2.22. The van der Waals surface area contributed by atoms with Crippen molar-refractivity contribution in [3.05, 3.63) is 0 Å². The smallest absolute Gasteiger partial charge is 0.168 e. The van der Waals surface area contributed by atoms with Gasteiger partial charge in [0.1, 0.15) is 0 Å². The maximum Gasteiger partial charge on any atom is 0.168 e. The zero-order valence-electron chi connectivity index (χ0n) is 10.2. The summed E-state index contributed by atoms with van der Waals surface area (Å²) in [5.74, 6) is 0. The number of hydrogen-bond donors (Lipinski definition) is 2. The van der Waals surface area contributed by atoms with Gasteiger partial charge in [0.2, 0.25) is 0 Å². The average Bonchev–Trinajstić information content (AvgIpc) is 2.16. The molecule has 0 amide bonds. The van der Waals surface area contributed by atoms with E-state index in [1.807, 2.05) is 0 Å². The Bertz CT molecular complexity index is 195. The molecule has 1 aliphatic heterocycles. The molecule has 0 aromatic heterocycles. The van der Waals surface area contributed by atoms with Crippen molar-refractivity contribution in [1.29, 1.82) is 0 Å². The van der Waals surface area contributed by atoms with E-state index in [1.165, 1.54) is 0 Å². The molecule has 2 N–H and O–H groups in total. The molecule has 0 aromatic rings. The van der Waals surface area contributed by atoms with E-state index < -0.39 is 6.29 Å². The normalized spacial score (nSPS) is 25.8. The van der Waals surface area contributed by atoms with E-state index in [4.69, 9.17) is 0 Å². The van der Waals surface area contributed by atoms with Crippen molar-refractivity contribution in [3.8, 4) is 0 Å². The Hall–Kier alpha value is -0.160. The van der Waals surface area contributed by atoms with E-state index in [0.717, 1.165) is 19.6 Å². The van der Waals surface area contributed by atoms with E-state index in [1.54, 1.807) is 0 Å². The van der Waals surface area contributed by atoms with Gasteiger partial charge in [-0.3, -0.25) is 9.80 Å². The summed E-state index contributed by atoms with van der Waals surface area (Å²) in [7, 11) is 0. The van der Waals surface area contributed by atoms with Crippen LogP contribution in [0.15, 0.2) is 0 Å². The highest BCUT2D eigenvalue weighted by molar-refractivity contribution is 4.86. The van der Waals surface area contributed by atoms with Crippen LogP contribution in [-0.2, 0) is 0 Å². The van der Waals surface area contributed by atoms with Crippen LogP contribution in [0.5, 0.6) is 0 Å². The first-order valence-electron chi connectivity index (χ1n) is 5.79. The molecule has 1 unspecified atom stereocenters. The maximum absolute atomic E-state index is 9.38. The van der Waals surface area contributed by atoms with Crippen LogP contribution < -0.4 is 0 Å². The molecule has 1 saturated heterocycles. The molecule has 4 heteroatoms. The van der Waals surface area contributed by atoms with Crippen molar-refractivity contribution in [2.24, 2.45) is 0 Å². The van der Waals surface area contributed by atoms with E-state index in [0.29, 0.717) is 12.1 Å². The Labute approximate surface area is 92.5 Å². The van der Waals surface area contributed by atoms with E-state index in [9.17, 15) is 10.2 Å². The van der Waals surface area contributed by atoms with Crippen LogP contribution in [0.1, 0.15) is 27.7 Å². The summed E-state index contributed by atoms with van der Waals surface area (Å²) in [5.41, 5.74) is 0. The molecule has 0 aliphatic carbocycles. The Balaban J connectivity index is 2.65. The highest BCUT2D eigenvalue weighted by Gasteiger charge is 2.33. The van der Waals surface area contributed by atoms with Gasteiger partial charge in [0.05, 0.1) is 6.04 Å². The second-order valence-corrected chi connectivity index (χ2v) is 4.90. The Morgan fingerprint density at radius 1 is 1.00 bits per heavy atom. The number of aliphatic hydroxyl groups is 2. The molecular formula is C11H24N2O2. The summed E-state index contributed by atoms with van der Waals surface area (Å²) in [6, 6.07) is 0.688. The zero-order chi connectivity index (χ0) is 11.6. The van der Waals surface area contributed by atoms with Gasteiger partial charge in [-0.15, -0.1) is 0 Å². The van der Waals surface area contributed by atoms with Crippen molar-refractivity contribution in [2.75, 3.05) is 19.6 Å². The van der Waals surface area contributed by atoms with E-state index in [-0.39, 0.29) is 6.04 Å². The van der Waals surface area contributed by atoms with Gasteiger partial charge in [-0.1, -0.05) is 0 Å². The first-order valence-corrected chi connectivity index (χ1v) is 5.79. The highest BCUT2D eigenvalue weighted by Crippen LogP contribution is 2.17. The van der Waals surface area contributed by atoms with Crippen LogP contribution in [0.3, 0.4) is 0 Å². The van der Waals surface area contributed by atoms with Gasteiger partial charge in [-0.2, -0.15) is 0 Å². The van der Waals surface area contributed by atoms with Crippen LogP contribution >= 0.6 is 0 Å². The zero-order valence-corrected chi connectivity index (χ0v) is 10.2. The maximum atomic E-state index is 9.38. The van der Waals surface area contributed by atoms with Gasteiger partial charge in [-0.25, -0.2) is 0 Å². The first-order chi connectivity index (χ1) is 6.93. The van der Waals surface area contributed by atoms with Crippen molar-refractivity contribution in [3.63, 3.8) is 0 Å². The summed E-state index contributed by atoms with van der Waals surface area (Å²) in [4.78, 5) is 4.46. The Morgan fingerprint density at radius 2 is 1.60 bits per heavy atom. The van der Waals surface area contributed by atoms with Gasteiger partial charge < -0.3 is 10.2 Å². The third-order valence-corrected chi connectivity index (χ3v) is 3.23. The van der Waals surface area contributed by atoms with Gasteiger partial charge >= 0.3 is 0 Å². The summed E-state index contributed by atoms with van der Waals surface area (Å²) in [6.45, 7) is 11.2. The van der Waals surface area contributed by atoms with Crippen molar-refractivity contribution < 1.29 is 10.2 Å². The number of rotatable bonds is 3. The topological polar surface area (TPSA) is 46.9 Å². The average molecular weight is 216 g/mol. The lowest BCUT2D eigenvalue weighted by molar-refractivity contribution is -0.130. The standard InChI is InChI=1S/C11H24N2O2/c1-8(2)12-5-6-13(9(3)4)10(7-12)11(14)15/h8-11,14-15H,5-7H2,1-4H3. The molecule has 1 rings (SSSR count). The Kier molecular flexibility index (Phi) is 4.52. The Morgan fingerprint density at radius 3 is 2.00 bits per heavy atom. The molecule has 4 nitrogen and oxygen atoms in total. The largest absolute Gasteiger partial charge is 0.367 e. The summed E-state index contributed by atoms with van der Waals surface area (Å²) in [6.07, 6.45) is -1.24. The molecule has 0 radical (unpaired) electrons. The van der Waals surface area contributed by atoms with Gasteiger partial charge in [-0.05, 0) is 27.7 Å². The fourth-order valence-electron chi connectivity index (χ4n) is 2.22. The predicted molar refractivity (Wildman–Crippen MR) is 60.6 cm³/mol. The second kappa shape index (κ2) is 5.25. The molecule has 1 fully saturated rings. The molecule has 1 aliphatic rings. The molecule has 90 valence electrons. The van der Waals surface area contributed by atoms with Crippen molar-refractivity contribution in [2.45, 2.75) is 52.1 Å². The van der Waals surface area contributed by atoms with Gasteiger partial charge in [0.15, 0.2) is 6.29 Å². The number of hydrogen-bond acceptors (Lipinski definition) is 4. The molecule has 0 bridgehead atoms. The number of nitrogens with zero attached hydrogens (tertiary/aromatic N) is 2. The SMILES string of the molecule is CC(C)N1CCN(C(C)C)C(C(O)O)C1. The molecule has 15 heavy (non-hydrogen) atoms. The van der Waals surface area contributed by atoms with Crippen LogP contribution in [0.4, 0.5) is 0 Å². The molecule has 0 spiro atoms. The number of aliphatic hydroxyl groups excluding tert-OH is 1. The molecule has 1 heterocycles. The highest BCUT2D eigenvalue weighted by atomic mass is 16.5. The fraction of sp³-hybridized carbons (Fsp3) is 1.00. The lowest BCUT2D eigenvalue weighted by Crippen LogP contribution is -2.60. The van der Waals surface area contributed by atoms with Gasteiger partial charge in [0.25, 0.3) is 0 Å². The summed E-state index contributed by atoms with van der Waals surface area (Å²) >= 11 is 0. The number of piperazine rings is 1. The lowest BCUT2D eigenvalue weighted by Gasteiger charge is -2.45. The van der Waals surface area contributed by atoms with Gasteiger partial charge in [0, 0.05) is 31.7 Å². The minimum absolute atomic E-state index is 0.152. The quantitative estimate of drug-likeness (QED) is 0.657. The third kappa shape index (κ3) is 3.14. The van der Waals surface area contributed by atoms with Crippen LogP contribution in [-0.4, -0.2) is 64.1 Å². The molecular weight excluding hydrogens is 192 g/mol. The van der Waals surface area contributed by atoms with Crippen LogP contribution in [0.2, 0.25) is 0 Å². The van der Waals surface area contributed by atoms with Crippen LogP contribution in [0, 0.1) is 0 Å². The molecule has 0 aromatic carbocycles. The van der Waals surface area contributed by atoms with E-state index in [2.05, 4.69) is 37.5 Å². The van der Waals surface area contributed by atoms with E-state index >= 15 is 0 Å². The molecule has 0 saturated carbocycles. The summed E-state index contributed by atoms with van der Waals surface area (Å²) < 4.78 is 0. The molecule has 1 atom stereocenters.